The van der Waals surface area contributed by atoms with E-state index in [0.29, 0.717) is 11.5 Å². The maximum absolute atomic E-state index is 8.87. The molecule has 3 rings (SSSR count). The molecule has 1 aromatic heterocycles. The van der Waals surface area contributed by atoms with Crippen LogP contribution in [0.1, 0.15) is 55.6 Å². The molecule has 0 aliphatic carbocycles. The highest BCUT2D eigenvalue weighted by atomic mass is 16.5. The summed E-state index contributed by atoms with van der Waals surface area (Å²) in [5.74, 6) is 1.78. The van der Waals surface area contributed by atoms with Crippen LogP contribution in [0.25, 0.3) is 0 Å². The molecule has 0 saturated carbocycles. The van der Waals surface area contributed by atoms with Gasteiger partial charge in [0, 0.05) is 38.6 Å². The first-order chi connectivity index (χ1) is 12.1. The van der Waals surface area contributed by atoms with E-state index in [9.17, 15) is 0 Å². The fourth-order valence-corrected chi connectivity index (χ4v) is 3.06. The van der Waals surface area contributed by atoms with Gasteiger partial charge in [-0.15, -0.1) is 0 Å². The molecule has 6 heteroatoms. The summed E-state index contributed by atoms with van der Waals surface area (Å²) in [7, 11) is 0. The summed E-state index contributed by atoms with van der Waals surface area (Å²) in [6.07, 6.45) is 0. The number of piperazine rings is 1. The van der Waals surface area contributed by atoms with Gasteiger partial charge in [-0.3, -0.25) is 9.80 Å². The van der Waals surface area contributed by atoms with E-state index in [2.05, 4.69) is 46.8 Å². The molecule has 0 spiro atoms. The number of rotatable bonds is 5. The highest BCUT2D eigenvalue weighted by molar-refractivity contribution is 5.31. The smallest absolute Gasteiger partial charge is 0.243 e. The van der Waals surface area contributed by atoms with Crippen LogP contribution in [0, 0.1) is 11.3 Å². The summed E-state index contributed by atoms with van der Waals surface area (Å²) in [6.45, 7) is 11.2. The van der Waals surface area contributed by atoms with Gasteiger partial charge in [0.05, 0.1) is 17.7 Å². The lowest BCUT2D eigenvalue weighted by molar-refractivity contribution is 0.0845. The van der Waals surface area contributed by atoms with Crippen molar-refractivity contribution in [2.45, 2.75) is 39.3 Å². The molecule has 1 saturated heterocycles. The molecule has 0 amide bonds. The standard InChI is InChI=1S/C19H25N5O/c1-14(2)18-21-19(25-22-18)15(3)24-10-8-23(9-11-24)13-17-6-4-16(12-20)5-7-17/h4-7,14-15H,8-11,13H2,1-3H3/t15-/m1/s1. The Kier molecular flexibility index (Phi) is 5.47. The quantitative estimate of drug-likeness (QED) is 0.834. The zero-order chi connectivity index (χ0) is 17.8. The summed E-state index contributed by atoms with van der Waals surface area (Å²) < 4.78 is 5.44. The van der Waals surface area contributed by atoms with Crippen LogP contribution in [-0.4, -0.2) is 46.1 Å². The summed E-state index contributed by atoms with van der Waals surface area (Å²) >= 11 is 0. The highest BCUT2D eigenvalue weighted by Crippen LogP contribution is 2.22. The minimum Gasteiger partial charge on any atom is -0.338 e. The molecule has 1 aromatic carbocycles. The molecular formula is C19H25N5O. The summed E-state index contributed by atoms with van der Waals surface area (Å²) in [5.41, 5.74) is 1.96. The van der Waals surface area contributed by atoms with Crippen molar-refractivity contribution in [1.29, 1.82) is 5.26 Å². The van der Waals surface area contributed by atoms with E-state index in [1.807, 2.05) is 24.3 Å². The molecule has 2 aromatic rings. The maximum Gasteiger partial charge on any atom is 0.243 e. The molecule has 6 nitrogen and oxygen atoms in total. The van der Waals surface area contributed by atoms with Gasteiger partial charge in [-0.2, -0.15) is 10.2 Å². The fraction of sp³-hybridized carbons (Fsp3) is 0.526. The third-order valence-electron chi connectivity index (χ3n) is 4.78. The highest BCUT2D eigenvalue weighted by Gasteiger charge is 2.26. The summed E-state index contributed by atoms with van der Waals surface area (Å²) in [5, 5.41) is 12.9. The Balaban J connectivity index is 1.53. The van der Waals surface area contributed by atoms with E-state index in [4.69, 9.17) is 9.78 Å². The molecule has 0 bridgehead atoms. The molecule has 25 heavy (non-hydrogen) atoms. The van der Waals surface area contributed by atoms with Gasteiger partial charge in [0.2, 0.25) is 5.89 Å². The van der Waals surface area contributed by atoms with E-state index in [0.717, 1.165) is 38.5 Å². The van der Waals surface area contributed by atoms with Gasteiger partial charge in [-0.25, -0.2) is 0 Å². The van der Waals surface area contributed by atoms with Crippen molar-refractivity contribution in [1.82, 2.24) is 19.9 Å². The van der Waals surface area contributed by atoms with Gasteiger partial charge in [-0.05, 0) is 24.6 Å². The lowest BCUT2D eigenvalue weighted by Crippen LogP contribution is -2.46. The van der Waals surface area contributed by atoms with E-state index < -0.39 is 0 Å². The Bertz CT molecular complexity index is 723. The normalized spacial score (nSPS) is 17.6. The second kappa shape index (κ2) is 7.77. The number of nitrogens with zero attached hydrogens (tertiary/aromatic N) is 5. The molecule has 1 fully saturated rings. The lowest BCUT2D eigenvalue weighted by Gasteiger charge is -2.36. The predicted molar refractivity (Wildman–Crippen MR) is 94.8 cm³/mol. The minimum absolute atomic E-state index is 0.150. The number of aromatic nitrogens is 2. The van der Waals surface area contributed by atoms with Crippen molar-refractivity contribution in [3.8, 4) is 6.07 Å². The maximum atomic E-state index is 8.87. The van der Waals surface area contributed by atoms with Crippen molar-refractivity contribution < 1.29 is 4.52 Å². The van der Waals surface area contributed by atoms with Crippen LogP contribution in [0.15, 0.2) is 28.8 Å². The molecular weight excluding hydrogens is 314 g/mol. The van der Waals surface area contributed by atoms with Crippen LogP contribution in [0.5, 0.6) is 0 Å². The first-order valence-corrected chi connectivity index (χ1v) is 8.85. The van der Waals surface area contributed by atoms with Crippen LogP contribution in [-0.2, 0) is 6.54 Å². The Hall–Kier alpha value is -2.23. The number of hydrogen-bond acceptors (Lipinski definition) is 6. The Morgan fingerprint density at radius 3 is 2.36 bits per heavy atom. The Morgan fingerprint density at radius 2 is 1.80 bits per heavy atom. The van der Waals surface area contributed by atoms with Crippen LogP contribution in [0.2, 0.25) is 0 Å². The predicted octanol–water partition coefficient (Wildman–Crippen LogP) is 2.94. The van der Waals surface area contributed by atoms with Crippen molar-refractivity contribution in [3.05, 3.63) is 47.1 Å². The van der Waals surface area contributed by atoms with E-state index in [-0.39, 0.29) is 12.0 Å². The van der Waals surface area contributed by atoms with E-state index >= 15 is 0 Å². The molecule has 1 aliphatic heterocycles. The van der Waals surface area contributed by atoms with Gasteiger partial charge in [0.25, 0.3) is 0 Å². The Morgan fingerprint density at radius 1 is 1.12 bits per heavy atom. The van der Waals surface area contributed by atoms with Gasteiger partial charge < -0.3 is 4.52 Å². The monoisotopic (exact) mass is 339 g/mol. The Labute approximate surface area is 149 Å². The van der Waals surface area contributed by atoms with Crippen molar-refractivity contribution in [2.75, 3.05) is 26.2 Å². The van der Waals surface area contributed by atoms with Crippen molar-refractivity contribution in [3.63, 3.8) is 0 Å². The molecule has 0 unspecified atom stereocenters. The fourth-order valence-electron chi connectivity index (χ4n) is 3.06. The van der Waals surface area contributed by atoms with Gasteiger partial charge in [-0.1, -0.05) is 31.1 Å². The van der Waals surface area contributed by atoms with Gasteiger partial charge in [0.15, 0.2) is 5.82 Å². The SMILES string of the molecule is CC(C)c1noc([C@@H](C)N2CCN(Cc3ccc(C#N)cc3)CC2)n1. The number of hydrogen-bond donors (Lipinski definition) is 0. The third-order valence-corrected chi connectivity index (χ3v) is 4.78. The first kappa shape index (κ1) is 17.6. The van der Waals surface area contributed by atoms with E-state index in [1.54, 1.807) is 0 Å². The van der Waals surface area contributed by atoms with E-state index in [1.165, 1.54) is 5.56 Å². The topological polar surface area (TPSA) is 69.2 Å². The molecule has 132 valence electrons. The lowest BCUT2D eigenvalue weighted by atomic mass is 10.1. The first-order valence-electron chi connectivity index (χ1n) is 8.85. The molecule has 0 radical (unpaired) electrons. The number of nitriles is 1. The molecule has 2 heterocycles. The van der Waals surface area contributed by atoms with Gasteiger partial charge >= 0.3 is 0 Å². The molecule has 1 aliphatic rings. The zero-order valence-electron chi connectivity index (χ0n) is 15.1. The van der Waals surface area contributed by atoms with Crippen molar-refractivity contribution in [2.24, 2.45) is 0 Å². The van der Waals surface area contributed by atoms with Crippen LogP contribution >= 0.6 is 0 Å². The second-order valence-electron chi connectivity index (χ2n) is 6.94. The van der Waals surface area contributed by atoms with Crippen LogP contribution in [0.4, 0.5) is 0 Å². The van der Waals surface area contributed by atoms with Crippen LogP contribution in [0.3, 0.4) is 0 Å². The zero-order valence-corrected chi connectivity index (χ0v) is 15.1. The minimum atomic E-state index is 0.150. The third kappa shape index (κ3) is 4.25. The average molecular weight is 339 g/mol. The number of benzene rings is 1. The molecule has 0 N–H and O–H groups in total. The largest absolute Gasteiger partial charge is 0.338 e. The summed E-state index contributed by atoms with van der Waals surface area (Å²) in [4.78, 5) is 9.37. The van der Waals surface area contributed by atoms with Crippen LogP contribution < -0.4 is 0 Å². The van der Waals surface area contributed by atoms with Crippen molar-refractivity contribution >= 4 is 0 Å². The summed E-state index contributed by atoms with van der Waals surface area (Å²) in [6, 6.07) is 10.2. The molecule has 1 atom stereocenters. The second-order valence-corrected chi connectivity index (χ2v) is 6.94. The average Bonchev–Trinajstić information content (AvgIpc) is 3.13. The van der Waals surface area contributed by atoms with Gasteiger partial charge in [0.1, 0.15) is 0 Å².